The Hall–Kier alpha value is -1.35. The monoisotopic (exact) mass is 462 g/mol. The Balaban J connectivity index is 0.00000576. The Labute approximate surface area is 168 Å². The molecule has 3 N–H and O–H groups in total. The summed E-state index contributed by atoms with van der Waals surface area (Å²) in [5.41, 5.74) is 1.41. The number of methoxy groups -OCH3 is 1. The van der Waals surface area contributed by atoms with E-state index in [2.05, 4.69) is 20.9 Å². The molecule has 7 heteroatoms. The molecule has 0 saturated heterocycles. The Morgan fingerprint density at radius 3 is 2.56 bits per heavy atom. The van der Waals surface area contributed by atoms with Gasteiger partial charge in [0, 0.05) is 37.8 Å². The molecule has 1 atom stereocenters. The fourth-order valence-corrected chi connectivity index (χ4v) is 2.14. The SMILES string of the molecule is CN=C(NCc1cccc(C(=O)NC(C)(C)C)c1)NC(C)COC.I. The van der Waals surface area contributed by atoms with Crippen molar-refractivity contribution in [1.29, 1.82) is 0 Å². The number of carbonyl (C=O) groups excluding carboxylic acids is 1. The molecule has 25 heavy (non-hydrogen) atoms. The fourth-order valence-electron chi connectivity index (χ4n) is 2.14. The van der Waals surface area contributed by atoms with Crippen LogP contribution in [0, 0.1) is 0 Å². The van der Waals surface area contributed by atoms with Crippen LogP contribution in [0.4, 0.5) is 0 Å². The van der Waals surface area contributed by atoms with Crippen molar-refractivity contribution in [1.82, 2.24) is 16.0 Å². The molecule has 0 aliphatic rings. The minimum atomic E-state index is -0.255. The molecule has 142 valence electrons. The van der Waals surface area contributed by atoms with Crippen LogP contribution >= 0.6 is 24.0 Å². The van der Waals surface area contributed by atoms with E-state index < -0.39 is 0 Å². The Morgan fingerprint density at radius 2 is 2.00 bits per heavy atom. The highest BCUT2D eigenvalue weighted by molar-refractivity contribution is 14.0. The lowest BCUT2D eigenvalue weighted by Gasteiger charge is -2.21. The second-order valence-electron chi connectivity index (χ2n) is 6.83. The molecule has 1 aromatic rings. The van der Waals surface area contributed by atoms with Crippen LogP contribution in [0.25, 0.3) is 0 Å². The number of carbonyl (C=O) groups is 1. The molecule has 0 fully saturated rings. The molecule has 0 aliphatic heterocycles. The summed E-state index contributed by atoms with van der Waals surface area (Å²) in [4.78, 5) is 16.4. The van der Waals surface area contributed by atoms with Crippen molar-refractivity contribution in [2.24, 2.45) is 4.99 Å². The van der Waals surface area contributed by atoms with Gasteiger partial charge in [-0.3, -0.25) is 9.79 Å². The van der Waals surface area contributed by atoms with E-state index in [0.29, 0.717) is 24.7 Å². The summed E-state index contributed by atoms with van der Waals surface area (Å²) in [5.74, 6) is 0.629. The predicted molar refractivity (Wildman–Crippen MR) is 114 cm³/mol. The van der Waals surface area contributed by atoms with Gasteiger partial charge < -0.3 is 20.7 Å². The Bertz CT molecular complexity index is 570. The van der Waals surface area contributed by atoms with Crippen LogP contribution in [-0.4, -0.2) is 44.2 Å². The fraction of sp³-hybridized carbons (Fsp3) is 0.556. The maximum absolute atomic E-state index is 12.2. The van der Waals surface area contributed by atoms with Crippen molar-refractivity contribution in [3.05, 3.63) is 35.4 Å². The predicted octanol–water partition coefficient (Wildman–Crippen LogP) is 2.53. The van der Waals surface area contributed by atoms with Gasteiger partial charge in [-0.1, -0.05) is 12.1 Å². The van der Waals surface area contributed by atoms with Crippen molar-refractivity contribution in [2.45, 2.75) is 45.8 Å². The van der Waals surface area contributed by atoms with Crippen LogP contribution in [0.1, 0.15) is 43.6 Å². The number of guanidine groups is 1. The average Bonchev–Trinajstić information content (AvgIpc) is 2.50. The zero-order chi connectivity index (χ0) is 18.2. The molecule has 0 spiro atoms. The number of nitrogens with zero attached hydrogens (tertiary/aromatic N) is 1. The van der Waals surface area contributed by atoms with E-state index in [0.717, 1.165) is 5.56 Å². The molecule has 1 aromatic carbocycles. The van der Waals surface area contributed by atoms with Gasteiger partial charge >= 0.3 is 0 Å². The average molecular weight is 462 g/mol. The van der Waals surface area contributed by atoms with Gasteiger partial charge in [-0.05, 0) is 45.4 Å². The van der Waals surface area contributed by atoms with Gasteiger partial charge in [0.15, 0.2) is 5.96 Å². The van der Waals surface area contributed by atoms with Crippen molar-refractivity contribution >= 4 is 35.8 Å². The maximum Gasteiger partial charge on any atom is 0.251 e. The molecule has 1 unspecified atom stereocenters. The molecule has 0 aromatic heterocycles. The van der Waals surface area contributed by atoms with E-state index in [1.807, 2.05) is 52.0 Å². The van der Waals surface area contributed by atoms with E-state index >= 15 is 0 Å². The number of halogens is 1. The first-order valence-electron chi connectivity index (χ1n) is 8.12. The van der Waals surface area contributed by atoms with Crippen LogP contribution in [0.15, 0.2) is 29.3 Å². The van der Waals surface area contributed by atoms with Gasteiger partial charge in [0.05, 0.1) is 6.61 Å². The number of hydrogen-bond acceptors (Lipinski definition) is 3. The minimum Gasteiger partial charge on any atom is -0.383 e. The van der Waals surface area contributed by atoms with Crippen LogP contribution in [-0.2, 0) is 11.3 Å². The van der Waals surface area contributed by atoms with Crippen molar-refractivity contribution in [3.8, 4) is 0 Å². The smallest absolute Gasteiger partial charge is 0.251 e. The van der Waals surface area contributed by atoms with E-state index in [-0.39, 0.29) is 41.5 Å². The summed E-state index contributed by atoms with van der Waals surface area (Å²) >= 11 is 0. The van der Waals surface area contributed by atoms with Gasteiger partial charge in [0.2, 0.25) is 0 Å². The summed E-state index contributed by atoms with van der Waals surface area (Å²) in [6, 6.07) is 7.73. The number of nitrogens with one attached hydrogen (secondary N) is 3. The Kier molecular flexibility index (Phi) is 10.7. The molecule has 0 heterocycles. The quantitative estimate of drug-likeness (QED) is 0.345. The Morgan fingerprint density at radius 1 is 1.32 bits per heavy atom. The van der Waals surface area contributed by atoms with E-state index in [4.69, 9.17) is 4.74 Å². The maximum atomic E-state index is 12.2. The lowest BCUT2D eigenvalue weighted by Crippen LogP contribution is -2.43. The summed E-state index contributed by atoms with van der Waals surface area (Å²) in [6.45, 7) is 9.10. The molecule has 0 radical (unpaired) electrons. The van der Waals surface area contributed by atoms with Crippen molar-refractivity contribution < 1.29 is 9.53 Å². The number of rotatable bonds is 6. The van der Waals surface area contributed by atoms with Crippen LogP contribution in [0.5, 0.6) is 0 Å². The van der Waals surface area contributed by atoms with Crippen molar-refractivity contribution in [3.63, 3.8) is 0 Å². The van der Waals surface area contributed by atoms with E-state index in [9.17, 15) is 4.79 Å². The molecule has 1 amide bonds. The topological polar surface area (TPSA) is 74.8 Å². The molecular formula is C18H31IN4O2. The highest BCUT2D eigenvalue weighted by atomic mass is 127. The summed E-state index contributed by atoms with van der Waals surface area (Å²) in [7, 11) is 3.39. The number of ether oxygens (including phenoxy) is 1. The van der Waals surface area contributed by atoms with Gasteiger partial charge in [-0.15, -0.1) is 24.0 Å². The molecule has 6 nitrogen and oxygen atoms in total. The number of hydrogen-bond donors (Lipinski definition) is 3. The first kappa shape index (κ1) is 23.6. The zero-order valence-electron chi connectivity index (χ0n) is 16.0. The zero-order valence-corrected chi connectivity index (χ0v) is 18.3. The third-order valence-electron chi connectivity index (χ3n) is 3.16. The summed E-state index contributed by atoms with van der Waals surface area (Å²) < 4.78 is 5.10. The number of amides is 1. The third-order valence-corrected chi connectivity index (χ3v) is 3.16. The normalized spacial score (nSPS) is 12.8. The van der Waals surface area contributed by atoms with Crippen LogP contribution in [0.2, 0.25) is 0 Å². The highest BCUT2D eigenvalue weighted by Gasteiger charge is 2.15. The van der Waals surface area contributed by atoms with E-state index in [1.54, 1.807) is 14.2 Å². The van der Waals surface area contributed by atoms with Gasteiger partial charge in [0.25, 0.3) is 5.91 Å². The largest absolute Gasteiger partial charge is 0.383 e. The standard InChI is InChI=1S/C18H30N4O2.HI/c1-13(12-24-6)21-17(19-5)20-11-14-8-7-9-15(10-14)16(23)22-18(2,3)4;/h7-10,13H,11-12H2,1-6H3,(H,22,23)(H2,19,20,21);1H. The molecule has 0 aliphatic carbocycles. The van der Waals surface area contributed by atoms with Crippen LogP contribution < -0.4 is 16.0 Å². The second-order valence-corrected chi connectivity index (χ2v) is 6.83. The third kappa shape index (κ3) is 9.64. The number of benzene rings is 1. The van der Waals surface area contributed by atoms with Gasteiger partial charge in [-0.2, -0.15) is 0 Å². The lowest BCUT2D eigenvalue weighted by atomic mass is 10.1. The first-order valence-corrected chi connectivity index (χ1v) is 8.12. The first-order chi connectivity index (χ1) is 11.2. The molecule has 1 rings (SSSR count). The minimum absolute atomic E-state index is 0. The number of aliphatic imine (C=N–C) groups is 1. The lowest BCUT2D eigenvalue weighted by molar-refractivity contribution is 0.0919. The van der Waals surface area contributed by atoms with Gasteiger partial charge in [0.1, 0.15) is 0 Å². The highest BCUT2D eigenvalue weighted by Crippen LogP contribution is 2.08. The van der Waals surface area contributed by atoms with E-state index in [1.165, 1.54) is 0 Å². The molecule has 0 saturated carbocycles. The molecular weight excluding hydrogens is 431 g/mol. The van der Waals surface area contributed by atoms with Crippen LogP contribution in [0.3, 0.4) is 0 Å². The second kappa shape index (κ2) is 11.3. The van der Waals surface area contributed by atoms with Crippen molar-refractivity contribution in [2.75, 3.05) is 20.8 Å². The summed E-state index contributed by atoms with van der Waals surface area (Å²) in [6.07, 6.45) is 0. The summed E-state index contributed by atoms with van der Waals surface area (Å²) in [5, 5.41) is 9.45. The molecule has 0 bridgehead atoms. The van der Waals surface area contributed by atoms with Gasteiger partial charge in [-0.25, -0.2) is 0 Å².